The predicted octanol–water partition coefficient (Wildman–Crippen LogP) is 15.8. The average molecular weight is 757 g/mol. The van der Waals surface area contributed by atoms with Crippen molar-refractivity contribution in [2.24, 2.45) is 0 Å². The second-order valence-corrected chi connectivity index (χ2v) is 15.4. The molecule has 0 N–H and O–H groups in total. The van der Waals surface area contributed by atoms with Crippen molar-refractivity contribution >= 4 is 60.8 Å². The van der Waals surface area contributed by atoms with Crippen molar-refractivity contribution in [3.63, 3.8) is 0 Å². The first kappa shape index (κ1) is 34.6. The molecule has 0 aliphatic rings. The van der Waals surface area contributed by atoms with E-state index >= 15 is 0 Å². The van der Waals surface area contributed by atoms with Gasteiger partial charge in [0.2, 0.25) is 0 Å². The van der Waals surface area contributed by atoms with Crippen LogP contribution in [0.1, 0.15) is 11.1 Å². The molecule has 0 unspecified atom stereocenters. The molecule has 0 saturated carbocycles. The first-order valence-corrected chi connectivity index (χ1v) is 20.3. The number of rotatable bonds is 7. The van der Waals surface area contributed by atoms with Crippen LogP contribution >= 0.6 is 0 Å². The van der Waals surface area contributed by atoms with Crippen molar-refractivity contribution in [3.8, 4) is 39.1 Å². The summed E-state index contributed by atoms with van der Waals surface area (Å²) in [4.78, 5) is 2.43. The summed E-state index contributed by atoms with van der Waals surface area (Å²) in [6, 6.07) is 74.3. The fourth-order valence-corrected chi connectivity index (χ4v) is 8.97. The minimum Gasteiger partial charge on any atom is -0.455 e. The molecule has 9 aromatic carbocycles. The van der Waals surface area contributed by atoms with Gasteiger partial charge in [-0.25, -0.2) is 0 Å². The number of hydrogen-bond acceptors (Lipinski definition) is 2. The Morgan fingerprint density at radius 3 is 1.61 bits per heavy atom. The second kappa shape index (κ2) is 14.1. The number of hydrogen-bond donors (Lipinski definition) is 0. The Bertz CT molecular complexity index is 3270. The van der Waals surface area contributed by atoms with Crippen molar-refractivity contribution in [2.45, 2.75) is 13.8 Å². The first-order valence-electron chi connectivity index (χ1n) is 20.3. The molecule has 11 aromatic rings. The molecule has 0 fully saturated rings. The van der Waals surface area contributed by atoms with Crippen LogP contribution in [0.3, 0.4) is 0 Å². The van der Waals surface area contributed by atoms with E-state index in [1.807, 2.05) is 0 Å². The minimum atomic E-state index is 0.864. The Hall–Kier alpha value is -7.62. The van der Waals surface area contributed by atoms with Gasteiger partial charge in [-0.3, -0.25) is 0 Å². The van der Waals surface area contributed by atoms with Crippen LogP contribution < -0.4 is 4.90 Å². The van der Waals surface area contributed by atoms with Gasteiger partial charge in [0.1, 0.15) is 11.2 Å². The Kier molecular flexibility index (Phi) is 8.27. The van der Waals surface area contributed by atoms with Gasteiger partial charge < -0.3 is 13.9 Å². The summed E-state index contributed by atoms with van der Waals surface area (Å²) in [5, 5.41) is 4.68. The van der Waals surface area contributed by atoms with Crippen molar-refractivity contribution in [3.05, 3.63) is 217 Å². The third-order valence-corrected chi connectivity index (χ3v) is 11.8. The standard InChI is InChI=1S/C56H40N2O/c1-37-25-29-42(30-26-37)58(53-36-49(40-17-7-4-8-18-40)48(35-38(53)2)39-15-5-3-6-16-39)52-34-33-44(56-55(52)47-21-11-14-24-54(47)59-56)41-27-31-43(32-28-41)57-50-22-12-9-19-45(50)46-20-10-13-23-51(46)57/h3-36H,1-2H3. The maximum atomic E-state index is 6.91. The number of para-hydroxylation sites is 3. The largest absolute Gasteiger partial charge is 0.455 e. The molecule has 0 spiro atoms. The van der Waals surface area contributed by atoms with Crippen molar-refractivity contribution in [1.29, 1.82) is 0 Å². The molecular formula is C56H40N2O. The van der Waals surface area contributed by atoms with Crippen LogP contribution in [0, 0.1) is 13.8 Å². The number of fused-ring (bicyclic) bond motifs is 6. The highest BCUT2D eigenvalue weighted by molar-refractivity contribution is 6.17. The zero-order chi connectivity index (χ0) is 39.5. The average Bonchev–Trinajstić information content (AvgIpc) is 3.85. The Morgan fingerprint density at radius 2 is 0.966 bits per heavy atom. The lowest BCUT2D eigenvalue weighted by Crippen LogP contribution is -2.12. The number of nitrogens with zero attached hydrogens (tertiary/aromatic N) is 2. The quantitative estimate of drug-likeness (QED) is 0.161. The van der Waals surface area contributed by atoms with Crippen LogP contribution in [-0.2, 0) is 0 Å². The summed E-state index contributed by atoms with van der Waals surface area (Å²) in [6.45, 7) is 4.38. The smallest absolute Gasteiger partial charge is 0.145 e. The molecule has 2 heterocycles. The molecule has 2 aromatic heterocycles. The number of furan rings is 1. The number of anilines is 3. The van der Waals surface area contributed by atoms with Gasteiger partial charge in [0.15, 0.2) is 0 Å². The molecule has 0 bridgehead atoms. The zero-order valence-corrected chi connectivity index (χ0v) is 32.9. The molecule has 280 valence electrons. The van der Waals surface area contributed by atoms with Gasteiger partial charge in [-0.1, -0.05) is 145 Å². The van der Waals surface area contributed by atoms with Crippen LogP contribution in [0.15, 0.2) is 211 Å². The summed E-state index contributed by atoms with van der Waals surface area (Å²) in [7, 11) is 0. The van der Waals surface area contributed by atoms with Gasteiger partial charge in [-0.2, -0.15) is 0 Å². The maximum Gasteiger partial charge on any atom is 0.145 e. The molecule has 0 radical (unpaired) electrons. The summed E-state index contributed by atoms with van der Waals surface area (Å²) >= 11 is 0. The summed E-state index contributed by atoms with van der Waals surface area (Å²) < 4.78 is 9.27. The fraction of sp³-hybridized carbons (Fsp3) is 0.0357. The van der Waals surface area contributed by atoms with Crippen LogP contribution in [0.4, 0.5) is 17.1 Å². The lowest BCUT2D eigenvalue weighted by Gasteiger charge is -2.29. The van der Waals surface area contributed by atoms with Crippen LogP contribution in [-0.4, -0.2) is 4.57 Å². The molecule has 0 amide bonds. The van der Waals surface area contributed by atoms with Gasteiger partial charge in [0.25, 0.3) is 0 Å². The van der Waals surface area contributed by atoms with E-state index in [-0.39, 0.29) is 0 Å². The predicted molar refractivity (Wildman–Crippen MR) is 249 cm³/mol. The van der Waals surface area contributed by atoms with Gasteiger partial charge in [0.05, 0.1) is 22.1 Å². The monoisotopic (exact) mass is 756 g/mol. The van der Waals surface area contributed by atoms with E-state index in [9.17, 15) is 0 Å². The third kappa shape index (κ3) is 5.82. The summed E-state index contributed by atoms with van der Waals surface area (Å²) in [6.07, 6.45) is 0. The normalized spacial score (nSPS) is 11.6. The van der Waals surface area contributed by atoms with Gasteiger partial charge in [0, 0.05) is 38.8 Å². The van der Waals surface area contributed by atoms with E-state index in [0.29, 0.717) is 0 Å². The molecule has 3 heteroatoms. The van der Waals surface area contributed by atoms with Crippen LogP contribution in [0.2, 0.25) is 0 Å². The molecule has 0 aliphatic carbocycles. The van der Waals surface area contributed by atoms with Crippen LogP contribution in [0.25, 0.3) is 82.8 Å². The Labute approximate surface area is 343 Å². The number of benzene rings is 9. The van der Waals surface area contributed by atoms with Crippen molar-refractivity contribution in [1.82, 2.24) is 4.57 Å². The third-order valence-electron chi connectivity index (χ3n) is 11.8. The molecular weight excluding hydrogens is 717 g/mol. The van der Waals surface area contributed by atoms with E-state index in [4.69, 9.17) is 4.42 Å². The SMILES string of the molecule is Cc1ccc(N(c2cc(-c3ccccc3)c(-c3ccccc3)cc2C)c2ccc(-c3ccc(-n4c5ccccc5c5ccccc54)cc3)c3oc4ccccc4c23)cc1. The maximum absolute atomic E-state index is 6.91. The Balaban J connectivity index is 1.12. The molecule has 0 saturated heterocycles. The van der Waals surface area contributed by atoms with Gasteiger partial charge in [-0.05, 0) is 114 Å². The zero-order valence-electron chi connectivity index (χ0n) is 32.9. The lowest BCUT2D eigenvalue weighted by atomic mass is 9.91. The number of aryl methyl sites for hydroxylation is 2. The second-order valence-electron chi connectivity index (χ2n) is 15.4. The van der Waals surface area contributed by atoms with Crippen molar-refractivity contribution < 1.29 is 4.42 Å². The van der Waals surface area contributed by atoms with E-state index in [1.165, 1.54) is 55.2 Å². The lowest BCUT2D eigenvalue weighted by molar-refractivity contribution is 0.670. The highest BCUT2D eigenvalue weighted by Gasteiger charge is 2.25. The van der Waals surface area contributed by atoms with Crippen LogP contribution in [0.5, 0.6) is 0 Å². The van der Waals surface area contributed by atoms with Gasteiger partial charge in [-0.15, -0.1) is 0 Å². The summed E-state index contributed by atoms with van der Waals surface area (Å²) in [5.41, 5.74) is 17.8. The fourth-order valence-electron chi connectivity index (χ4n) is 8.97. The summed E-state index contributed by atoms with van der Waals surface area (Å²) in [5.74, 6) is 0. The van der Waals surface area contributed by atoms with E-state index < -0.39 is 0 Å². The van der Waals surface area contributed by atoms with Crippen molar-refractivity contribution in [2.75, 3.05) is 4.90 Å². The van der Waals surface area contributed by atoms with Gasteiger partial charge >= 0.3 is 0 Å². The highest BCUT2D eigenvalue weighted by atomic mass is 16.3. The minimum absolute atomic E-state index is 0.864. The topological polar surface area (TPSA) is 21.3 Å². The number of aromatic nitrogens is 1. The molecule has 59 heavy (non-hydrogen) atoms. The first-order chi connectivity index (χ1) is 29.1. The molecule has 3 nitrogen and oxygen atoms in total. The van der Waals surface area contributed by atoms with E-state index in [0.717, 1.165) is 55.8 Å². The highest BCUT2D eigenvalue weighted by Crippen LogP contribution is 2.48. The van der Waals surface area contributed by atoms with E-state index in [1.54, 1.807) is 0 Å². The van der Waals surface area contributed by atoms with E-state index in [2.05, 4.69) is 230 Å². The molecule has 11 rings (SSSR count). The molecule has 0 aliphatic heterocycles. The Morgan fingerprint density at radius 1 is 0.424 bits per heavy atom. The molecule has 0 atom stereocenters.